The maximum absolute atomic E-state index is 8.86. The van der Waals surface area contributed by atoms with Gasteiger partial charge in [-0.1, -0.05) is 0 Å². The van der Waals surface area contributed by atoms with Gasteiger partial charge >= 0.3 is 0 Å². The van der Waals surface area contributed by atoms with Gasteiger partial charge in [0, 0.05) is 32.1 Å². The zero-order valence-electron chi connectivity index (χ0n) is 15.6. The lowest BCUT2D eigenvalue weighted by molar-refractivity contribution is 0.475. The molecule has 9 heteroatoms. The summed E-state index contributed by atoms with van der Waals surface area (Å²) in [6, 6.07) is 6.06. The molecule has 2 saturated heterocycles. The van der Waals surface area contributed by atoms with Crippen LogP contribution in [0.5, 0.6) is 0 Å². The molecule has 2 fully saturated rings. The Morgan fingerprint density at radius 3 is 2.39 bits per heavy atom. The molecule has 0 amide bonds. The summed E-state index contributed by atoms with van der Waals surface area (Å²) in [6.07, 6.45) is 7.57. The van der Waals surface area contributed by atoms with Gasteiger partial charge in [0.25, 0.3) is 0 Å². The van der Waals surface area contributed by atoms with E-state index in [1.807, 2.05) is 22.7 Å². The summed E-state index contributed by atoms with van der Waals surface area (Å²) < 4.78 is 1.93. The molecule has 9 nitrogen and oxygen atoms in total. The quantitative estimate of drug-likeness (QED) is 0.683. The fraction of sp³-hybridized carbons (Fsp3) is 0.474. The molecule has 3 aromatic heterocycles. The first-order valence-electron chi connectivity index (χ1n) is 9.76. The van der Waals surface area contributed by atoms with Crippen molar-refractivity contribution in [1.29, 1.82) is 5.26 Å². The van der Waals surface area contributed by atoms with E-state index in [4.69, 9.17) is 10.4 Å². The van der Waals surface area contributed by atoms with Crippen molar-refractivity contribution in [2.45, 2.75) is 31.6 Å². The number of hydrogen-bond donors (Lipinski definition) is 0. The van der Waals surface area contributed by atoms with Crippen LogP contribution in [0.25, 0.3) is 5.65 Å². The second-order valence-electron chi connectivity index (χ2n) is 7.35. The van der Waals surface area contributed by atoms with Crippen LogP contribution >= 0.6 is 0 Å². The number of hydrogen-bond acceptors (Lipinski definition) is 8. The molecule has 5 rings (SSSR count). The standard InChI is InChI=1S/C19H21N9/c20-11-15-12-22-18(13-21-15)27-9-5-14(6-10-27)19-24-23-16-3-4-17(25-28(16)19)26-7-1-2-8-26/h3-4,12-14H,1-2,5-10H2. The van der Waals surface area contributed by atoms with Crippen LogP contribution in [0.4, 0.5) is 11.6 Å². The predicted molar refractivity (Wildman–Crippen MR) is 103 cm³/mol. The first-order chi connectivity index (χ1) is 13.8. The van der Waals surface area contributed by atoms with Crippen LogP contribution in [0.2, 0.25) is 0 Å². The fourth-order valence-electron chi connectivity index (χ4n) is 4.07. The van der Waals surface area contributed by atoms with E-state index in [2.05, 4.69) is 30.0 Å². The highest BCUT2D eigenvalue weighted by molar-refractivity contribution is 5.46. The summed E-state index contributed by atoms with van der Waals surface area (Å²) in [7, 11) is 0. The number of nitriles is 1. The first kappa shape index (κ1) is 16.9. The predicted octanol–water partition coefficient (Wildman–Crippen LogP) is 1.77. The number of piperidine rings is 1. The summed E-state index contributed by atoms with van der Waals surface area (Å²) in [5.74, 6) is 3.09. The Kier molecular flexibility index (Phi) is 4.24. The molecule has 142 valence electrons. The largest absolute Gasteiger partial charge is 0.355 e. The van der Waals surface area contributed by atoms with Gasteiger partial charge in [-0.05, 0) is 37.8 Å². The third kappa shape index (κ3) is 3.01. The summed E-state index contributed by atoms with van der Waals surface area (Å²) in [6.45, 7) is 3.87. The van der Waals surface area contributed by atoms with Crippen LogP contribution in [0.15, 0.2) is 24.5 Å². The van der Waals surface area contributed by atoms with Crippen LogP contribution in [0.1, 0.15) is 43.1 Å². The highest BCUT2D eigenvalue weighted by Crippen LogP contribution is 2.29. The van der Waals surface area contributed by atoms with E-state index < -0.39 is 0 Å². The Morgan fingerprint density at radius 2 is 1.68 bits per heavy atom. The van der Waals surface area contributed by atoms with Gasteiger partial charge in [-0.2, -0.15) is 9.78 Å². The van der Waals surface area contributed by atoms with Crippen LogP contribution < -0.4 is 9.80 Å². The van der Waals surface area contributed by atoms with Gasteiger partial charge in [-0.15, -0.1) is 15.3 Å². The Labute approximate surface area is 162 Å². The monoisotopic (exact) mass is 375 g/mol. The summed E-state index contributed by atoms with van der Waals surface area (Å²) in [5.41, 5.74) is 1.15. The maximum atomic E-state index is 8.86. The maximum Gasteiger partial charge on any atom is 0.178 e. The van der Waals surface area contributed by atoms with E-state index in [-0.39, 0.29) is 0 Å². The summed E-state index contributed by atoms with van der Waals surface area (Å²) >= 11 is 0. The van der Waals surface area contributed by atoms with Gasteiger partial charge in [0.1, 0.15) is 17.7 Å². The smallest absolute Gasteiger partial charge is 0.178 e. The molecule has 0 N–H and O–H groups in total. The molecule has 0 bridgehead atoms. The van der Waals surface area contributed by atoms with Crippen molar-refractivity contribution in [3.8, 4) is 6.07 Å². The third-order valence-electron chi connectivity index (χ3n) is 5.64. The first-order valence-corrected chi connectivity index (χ1v) is 9.76. The molecule has 2 aliphatic heterocycles. The van der Waals surface area contributed by atoms with Crippen LogP contribution in [0.3, 0.4) is 0 Å². The molecule has 0 atom stereocenters. The molecule has 0 unspecified atom stereocenters. The SMILES string of the molecule is N#Cc1cnc(N2CCC(c3nnc4ccc(N5CCCC5)nn34)CC2)cn1. The summed E-state index contributed by atoms with van der Waals surface area (Å²) in [4.78, 5) is 13.0. The normalized spacial score (nSPS) is 18.0. The van der Waals surface area contributed by atoms with Crippen LogP contribution in [-0.2, 0) is 0 Å². The Balaban J connectivity index is 1.33. The number of nitrogens with zero attached hydrogens (tertiary/aromatic N) is 9. The number of anilines is 2. The molecule has 0 radical (unpaired) electrons. The van der Waals surface area contributed by atoms with Crippen LogP contribution in [0, 0.1) is 11.3 Å². The zero-order chi connectivity index (χ0) is 18.9. The average Bonchev–Trinajstić information content (AvgIpc) is 3.44. The zero-order valence-corrected chi connectivity index (χ0v) is 15.6. The lowest BCUT2D eigenvalue weighted by Crippen LogP contribution is -2.34. The van der Waals surface area contributed by atoms with E-state index >= 15 is 0 Å². The van der Waals surface area contributed by atoms with E-state index in [0.29, 0.717) is 11.6 Å². The van der Waals surface area contributed by atoms with Crippen molar-refractivity contribution in [3.05, 3.63) is 36.0 Å². The van der Waals surface area contributed by atoms with Gasteiger partial charge < -0.3 is 9.80 Å². The van der Waals surface area contributed by atoms with Crippen molar-refractivity contribution in [3.63, 3.8) is 0 Å². The highest BCUT2D eigenvalue weighted by atomic mass is 15.4. The Hall–Kier alpha value is -3.28. The number of rotatable bonds is 3. The topological polar surface area (TPSA) is 99.1 Å². The van der Waals surface area contributed by atoms with Crippen molar-refractivity contribution >= 4 is 17.3 Å². The lowest BCUT2D eigenvalue weighted by Gasteiger charge is -2.31. The minimum Gasteiger partial charge on any atom is -0.355 e. The van der Waals surface area contributed by atoms with Crippen LogP contribution in [-0.4, -0.2) is 56.0 Å². The van der Waals surface area contributed by atoms with Crippen molar-refractivity contribution < 1.29 is 0 Å². The third-order valence-corrected chi connectivity index (χ3v) is 5.64. The second kappa shape index (κ2) is 7.03. The molecular weight excluding hydrogens is 354 g/mol. The van der Waals surface area contributed by atoms with Gasteiger partial charge in [0.05, 0.1) is 12.4 Å². The number of aromatic nitrogens is 6. The van der Waals surface area contributed by atoms with Gasteiger partial charge in [-0.25, -0.2) is 9.97 Å². The molecule has 0 aromatic carbocycles. The Bertz CT molecular complexity index is 1010. The van der Waals surface area contributed by atoms with Gasteiger partial charge in [0.2, 0.25) is 0 Å². The van der Waals surface area contributed by atoms with E-state index in [0.717, 1.165) is 62.1 Å². The van der Waals surface area contributed by atoms with Crippen molar-refractivity contribution in [1.82, 2.24) is 29.8 Å². The van der Waals surface area contributed by atoms with Crippen molar-refractivity contribution in [2.75, 3.05) is 36.0 Å². The molecule has 2 aliphatic rings. The minimum atomic E-state index is 0.318. The molecular formula is C19H21N9. The van der Waals surface area contributed by atoms with E-state index in [1.54, 1.807) is 6.20 Å². The highest BCUT2D eigenvalue weighted by Gasteiger charge is 2.26. The summed E-state index contributed by atoms with van der Waals surface area (Å²) in [5, 5.41) is 22.5. The number of fused-ring (bicyclic) bond motifs is 1. The Morgan fingerprint density at radius 1 is 0.893 bits per heavy atom. The lowest BCUT2D eigenvalue weighted by atomic mass is 9.96. The molecule has 5 heterocycles. The van der Waals surface area contributed by atoms with Gasteiger partial charge in [-0.3, -0.25) is 0 Å². The molecule has 0 aliphatic carbocycles. The molecule has 28 heavy (non-hydrogen) atoms. The minimum absolute atomic E-state index is 0.318. The van der Waals surface area contributed by atoms with Crippen molar-refractivity contribution in [2.24, 2.45) is 0 Å². The second-order valence-corrected chi connectivity index (χ2v) is 7.35. The van der Waals surface area contributed by atoms with E-state index in [1.165, 1.54) is 19.0 Å². The molecule has 0 spiro atoms. The average molecular weight is 375 g/mol. The fourth-order valence-corrected chi connectivity index (χ4v) is 4.07. The van der Waals surface area contributed by atoms with E-state index in [9.17, 15) is 0 Å². The molecule has 3 aromatic rings. The molecule has 0 saturated carbocycles. The van der Waals surface area contributed by atoms with Gasteiger partial charge in [0.15, 0.2) is 17.2 Å².